The Morgan fingerprint density at radius 1 is 1.15 bits per heavy atom. The van der Waals surface area contributed by atoms with Gasteiger partial charge in [0.25, 0.3) is 0 Å². The Morgan fingerprint density at radius 2 is 1.79 bits per heavy atom. The van der Waals surface area contributed by atoms with Crippen LogP contribution < -0.4 is 10.1 Å². The molecule has 0 aliphatic carbocycles. The summed E-state index contributed by atoms with van der Waals surface area (Å²) in [6.45, 7) is -0.591. The van der Waals surface area contributed by atoms with E-state index in [1.165, 1.54) is 12.9 Å². The summed E-state index contributed by atoms with van der Waals surface area (Å²) in [6, 6.07) is 8.11. The zero-order valence-corrected chi connectivity index (χ0v) is 20.7. The lowest BCUT2D eigenvalue weighted by Gasteiger charge is -2.23. The smallest absolute Gasteiger partial charge is 0.412 e. The molecule has 0 amide bonds. The zero-order chi connectivity index (χ0) is 24.6. The maximum absolute atomic E-state index is 13.1. The van der Waals surface area contributed by atoms with E-state index in [0.29, 0.717) is 5.69 Å². The molecule has 0 saturated carbocycles. The molecule has 0 radical (unpaired) electrons. The molecule has 0 N–H and O–H groups in total. The van der Waals surface area contributed by atoms with Gasteiger partial charge in [0.2, 0.25) is 6.49 Å². The van der Waals surface area contributed by atoms with E-state index in [-0.39, 0.29) is 38.2 Å². The lowest BCUT2D eigenvalue weighted by atomic mass is 10.0. The van der Waals surface area contributed by atoms with E-state index < -0.39 is 24.9 Å². The number of nitrogens with zero attached hydrogens (tertiary/aromatic N) is 1. The molecular formula is C21H17Cl2F3NO4PS. The van der Waals surface area contributed by atoms with E-state index in [0.717, 1.165) is 5.56 Å². The SMILES string of the molecule is Cc1cc(Cl)c(-c2c(OP(C)(=S)OCC(F)(F)F)c(C)c(-c3ccccn3)oc2=O)c(Cl)c1. The van der Waals surface area contributed by atoms with Crippen LogP contribution in [0.2, 0.25) is 10.0 Å². The van der Waals surface area contributed by atoms with Crippen LogP contribution >= 0.6 is 29.7 Å². The summed E-state index contributed by atoms with van der Waals surface area (Å²) in [4.78, 5) is 17.3. The van der Waals surface area contributed by atoms with Crippen LogP contribution in [0, 0.1) is 13.8 Å². The molecular weight excluding hydrogens is 521 g/mol. The van der Waals surface area contributed by atoms with Crippen molar-refractivity contribution in [2.24, 2.45) is 0 Å². The van der Waals surface area contributed by atoms with Crippen molar-refractivity contribution >= 4 is 41.5 Å². The van der Waals surface area contributed by atoms with Gasteiger partial charge in [0.15, 0.2) is 12.4 Å². The molecule has 3 aromatic rings. The first-order chi connectivity index (χ1) is 15.3. The number of hydrogen-bond acceptors (Lipinski definition) is 6. The van der Waals surface area contributed by atoms with Crippen molar-refractivity contribution in [2.45, 2.75) is 20.0 Å². The fourth-order valence-electron chi connectivity index (χ4n) is 3.00. The van der Waals surface area contributed by atoms with Crippen molar-refractivity contribution in [3.63, 3.8) is 0 Å². The highest BCUT2D eigenvalue weighted by atomic mass is 35.5. The Hall–Kier alpha value is -1.90. The van der Waals surface area contributed by atoms with Crippen LogP contribution in [0.3, 0.4) is 0 Å². The molecule has 5 nitrogen and oxygen atoms in total. The summed E-state index contributed by atoms with van der Waals surface area (Å²) in [5.41, 5.74) is 0.363. The van der Waals surface area contributed by atoms with Crippen molar-refractivity contribution in [3.8, 4) is 28.3 Å². The van der Waals surface area contributed by atoms with Gasteiger partial charge in [-0.1, -0.05) is 29.3 Å². The molecule has 2 aromatic heterocycles. The Kier molecular flexibility index (Phi) is 7.61. The quantitative estimate of drug-likeness (QED) is 0.310. The number of pyridine rings is 1. The summed E-state index contributed by atoms with van der Waals surface area (Å²) in [7, 11) is 0. The normalized spacial score (nSPS) is 13.6. The molecule has 33 heavy (non-hydrogen) atoms. The lowest BCUT2D eigenvalue weighted by molar-refractivity contribution is -0.153. The molecule has 12 heteroatoms. The summed E-state index contributed by atoms with van der Waals surface area (Å²) < 4.78 is 54.4. The van der Waals surface area contributed by atoms with Crippen LogP contribution in [0.5, 0.6) is 5.75 Å². The van der Waals surface area contributed by atoms with Crippen molar-refractivity contribution in [1.29, 1.82) is 0 Å². The first-order valence-electron chi connectivity index (χ1n) is 9.32. The van der Waals surface area contributed by atoms with Crippen molar-refractivity contribution in [2.75, 3.05) is 13.3 Å². The second-order valence-corrected chi connectivity index (χ2v) is 11.9. The average Bonchev–Trinajstić information content (AvgIpc) is 2.70. The molecule has 0 aliphatic heterocycles. The Balaban J connectivity index is 2.27. The first kappa shape index (κ1) is 25.7. The molecule has 3 rings (SSSR count). The maximum Gasteiger partial charge on any atom is 0.412 e. The number of halogens is 5. The largest absolute Gasteiger partial charge is 0.442 e. The summed E-state index contributed by atoms with van der Waals surface area (Å²) in [6.07, 6.45) is -3.12. The molecule has 0 saturated heterocycles. The van der Waals surface area contributed by atoms with Crippen LogP contribution in [-0.2, 0) is 16.3 Å². The van der Waals surface area contributed by atoms with Gasteiger partial charge in [-0.25, -0.2) is 4.79 Å². The van der Waals surface area contributed by atoms with Gasteiger partial charge in [-0.2, -0.15) is 13.2 Å². The molecule has 1 aromatic carbocycles. The number of aromatic nitrogens is 1. The Labute approximate surface area is 202 Å². The van der Waals surface area contributed by atoms with Crippen LogP contribution in [0.4, 0.5) is 13.2 Å². The number of aryl methyl sites for hydroxylation is 1. The van der Waals surface area contributed by atoms with Gasteiger partial charge in [0, 0.05) is 24.0 Å². The van der Waals surface area contributed by atoms with Gasteiger partial charge in [-0.15, -0.1) is 0 Å². The Bertz CT molecular complexity index is 1280. The molecule has 2 heterocycles. The molecule has 176 valence electrons. The predicted octanol–water partition coefficient (Wildman–Crippen LogP) is 7.19. The highest BCUT2D eigenvalue weighted by Gasteiger charge is 2.33. The Morgan fingerprint density at radius 3 is 2.33 bits per heavy atom. The van der Waals surface area contributed by atoms with E-state index in [4.69, 9.17) is 48.5 Å². The number of benzene rings is 1. The monoisotopic (exact) mass is 537 g/mol. The van der Waals surface area contributed by atoms with Crippen molar-refractivity contribution in [3.05, 3.63) is 68.1 Å². The second-order valence-electron chi connectivity index (χ2n) is 7.12. The van der Waals surface area contributed by atoms with E-state index in [2.05, 4.69) is 4.98 Å². The van der Waals surface area contributed by atoms with E-state index >= 15 is 0 Å². The van der Waals surface area contributed by atoms with E-state index in [1.807, 2.05) is 0 Å². The second kappa shape index (κ2) is 9.76. The third kappa shape index (κ3) is 6.16. The van der Waals surface area contributed by atoms with Crippen LogP contribution in [0.15, 0.2) is 45.7 Å². The summed E-state index contributed by atoms with van der Waals surface area (Å²) in [5, 5.41) is 0.255. The van der Waals surface area contributed by atoms with Crippen LogP contribution in [-0.4, -0.2) is 24.4 Å². The third-order valence-corrected chi connectivity index (χ3v) is 6.61. The van der Waals surface area contributed by atoms with Crippen LogP contribution in [0.25, 0.3) is 22.6 Å². The van der Waals surface area contributed by atoms with Gasteiger partial charge < -0.3 is 13.5 Å². The minimum atomic E-state index is -4.61. The van der Waals surface area contributed by atoms with Crippen molar-refractivity contribution < 1.29 is 26.6 Å². The fraction of sp³-hybridized carbons (Fsp3) is 0.238. The van der Waals surface area contributed by atoms with Gasteiger partial charge in [0.1, 0.15) is 17.0 Å². The standard InChI is InChI=1S/C21H17Cl2F3NO4PS/c1-11-8-13(22)16(14(23)9-11)17-19(31-32(3,33)29-10-21(24,25)26)12(2)18(30-20(17)28)15-6-4-5-7-27-15/h4-9H,10H2,1-3H3. The van der Waals surface area contributed by atoms with Crippen molar-refractivity contribution in [1.82, 2.24) is 4.98 Å². The third-order valence-electron chi connectivity index (χ3n) is 4.36. The zero-order valence-electron chi connectivity index (χ0n) is 17.5. The molecule has 0 bridgehead atoms. The summed E-state index contributed by atoms with van der Waals surface area (Å²) >= 11 is 18.0. The minimum absolute atomic E-state index is 0.0597. The first-order valence-corrected chi connectivity index (χ1v) is 13.2. The van der Waals surface area contributed by atoms with Gasteiger partial charge in [-0.3, -0.25) is 4.98 Å². The van der Waals surface area contributed by atoms with E-state index in [9.17, 15) is 18.0 Å². The molecule has 1 unspecified atom stereocenters. The molecule has 0 aliphatic rings. The predicted molar refractivity (Wildman–Crippen MR) is 126 cm³/mol. The number of rotatable bonds is 6. The lowest BCUT2D eigenvalue weighted by Crippen LogP contribution is -2.17. The topological polar surface area (TPSA) is 61.6 Å². The molecule has 1 atom stereocenters. The highest BCUT2D eigenvalue weighted by Crippen LogP contribution is 2.51. The summed E-state index contributed by atoms with van der Waals surface area (Å²) in [5.74, 6) is -0.0721. The fourth-order valence-corrected chi connectivity index (χ4v) is 5.16. The average molecular weight is 538 g/mol. The number of hydrogen-bond donors (Lipinski definition) is 0. The van der Waals surface area contributed by atoms with Crippen LogP contribution in [0.1, 0.15) is 11.1 Å². The van der Waals surface area contributed by atoms with Gasteiger partial charge in [-0.05, 0) is 55.5 Å². The molecule has 0 fully saturated rings. The highest BCUT2D eigenvalue weighted by molar-refractivity contribution is 8.09. The number of alkyl halides is 3. The minimum Gasteiger partial charge on any atom is -0.442 e. The van der Waals surface area contributed by atoms with E-state index in [1.54, 1.807) is 44.2 Å². The molecule has 0 spiro atoms. The maximum atomic E-state index is 13.1. The van der Waals surface area contributed by atoms with Gasteiger partial charge >= 0.3 is 11.8 Å². The van der Waals surface area contributed by atoms with Gasteiger partial charge in [0.05, 0.1) is 10.0 Å².